The number of benzene rings is 1. The molecule has 1 aromatic carbocycles. The normalized spacial score (nSPS) is 11.5. The van der Waals surface area contributed by atoms with E-state index in [2.05, 4.69) is 0 Å². The fourth-order valence-corrected chi connectivity index (χ4v) is 1.25. The molecule has 12 heavy (non-hydrogen) atoms. The Kier molecular flexibility index (Phi) is 2.46. The molecular formula is C7H8O4S. The molecule has 0 spiro atoms. The van der Waals surface area contributed by atoms with Crippen molar-refractivity contribution >= 4 is 10.1 Å². The van der Waals surface area contributed by atoms with Crippen LogP contribution in [0.1, 0.15) is 5.56 Å². The van der Waals surface area contributed by atoms with E-state index >= 15 is 0 Å². The molecule has 0 radical (unpaired) electrons. The van der Waals surface area contributed by atoms with Crippen LogP contribution >= 0.6 is 0 Å². The first kappa shape index (κ1) is 9.18. The van der Waals surface area contributed by atoms with Crippen LogP contribution in [0.4, 0.5) is 0 Å². The Morgan fingerprint density at radius 3 is 2.00 bits per heavy atom. The fourth-order valence-electron chi connectivity index (χ4n) is 0.767. The molecule has 0 unspecified atom stereocenters. The van der Waals surface area contributed by atoms with Crippen molar-refractivity contribution in [1.29, 1.82) is 0 Å². The first-order valence-electron chi connectivity index (χ1n) is 3.21. The Hall–Kier alpha value is -0.910. The van der Waals surface area contributed by atoms with Crippen molar-refractivity contribution in [1.82, 2.24) is 0 Å². The van der Waals surface area contributed by atoms with E-state index in [-0.39, 0.29) is 11.5 Å². The maximum absolute atomic E-state index is 10.5. The van der Waals surface area contributed by atoms with Gasteiger partial charge in [0.05, 0.1) is 11.5 Å². The largest absolute Gasteiger partial charge is 0.392 e. The predicted octanol–water partition coefficient (Wildman–Crippen LogP) is 0.426. The predicted molar refractivity (Wildman–Crippen MR) is 42.2 cm³/mol. The van der Waals surface area contributed by atoms with Gasteiger partial charge in [-0.2, -0.15) is 8.42 Å². The van der Waals surface area contributed by atoms with Crippen LogP contribution in [0.5, 0.6) is 0 Å². The van der Waals surface area contributed by atoms with Gasteiger partial charge in [-0.25, -0.2) is 0 Å². The number of rotatable bonds is 2. The van der Waals surface area contributed by atoms with Gasteiger partial charge in [-0.1, -0.05) is 12.1 Å². The number of hydrogen-bond acceptors (Lipinski definition) is 3. The summed E-state index contributed by atoms with van der Waals surface area (Å²) in [7, 11) is -4.11. The number of aliphatic hydroxyl groups excluding tert-OH is 1. The molecule has 5 heteroatoms. The molecule has 2 N–H and O–H groups in total. The van der Waals surface area contributed by atoms with Crippen LogP contribution < -0.4 is 0 Å². The standard InChI is InChI=1S/C7H8O4S/c8-5-6-1-3-7(4-2-6)12(9,10)11/h1-4,8H,5H2,(H,9,10,11). The van der Waals surface area contributed by atoms with Crippen molar-refractivity contribution < 1.29 is 18.1 Å². The minimum absolute atomic E-state index is 0.147. The molecule has 0 aliphatic rings. The molecule has 0 aromatic heterocycles. The molecule has 0 saturated heterocycles. The summed E-state index contributed by atoms with van der Waals surface area (Å²) >= 11 is 0. The summed E-state index contributed by atoms with van der Waals surface area (Å²) in [6, 6.07) is 5.34. The maximum atomic E-state index is 10.5. The van der Waals surface area contributed by atoms with Gasteiger partial charge in [0.2, 0.25) is 0 Å². The van der Waals surface area contributed by atoms with Crippen molar-refractivity contribution in [2.45, 2.75) is 11.5 Å². The van der Waals surface area contributed by atoms with E-state index in [1.807, 2.05) is 0 Å². The molecule has 0 saturated carbocycles. The van der Waals surface area contributed by atoms with Gasteiger partial charge < -0.3 is 5.11 Å². The molecule has 0 amide bonds. The number of aliphatic hydroxyl groups is 1. The topological polar surface area (TPSA) is 74.6 Å². The molecule has 0 aliphatic heterocycles. The van der Waals surface area contributed by atoms with Crippen LogP contribution in [0, 0.1) is 0 Å². The minimum Gasteiger partial charge on any atom is -0.392 e. The van der Waals surface area contributed by atoms with Crippen LogP contribution in [0.3, 0.4) is 0 Å². The smallest absolute Gasteiger partial charge is 0.294 e. The number of hydrogen-bond donors (Lipinski definition) is 2. The van der Waals surface area contributed by atoms with Crippen LogP contribution in [0.2, 0.25) is 0 Å². The van der Waals surface area contributed by atoms with Gasteiger partial charge in [0.25, 0.3) is 10.1 Å². The summed E-state index contributed by atoms with van der Waals surface area (Å²) in [5, 5.41) is 8.62. The lowest BCUT2D eigenvalue weighted by Crippen LogP contribution is -1.97. The first-order valence-corrected chi connectivity index (χ1v) is 4.65. The van der Waals surface area contributed by atoms with Gasteiger partial charge in [-0.3, -0.25) is 4.55 Å². The van der Waals surface area contributed by atoms with E-state index in [9.17, 15) is 8.42 Å². The molecule has 0 fully saturated rings. The molecule has 0 atom stereocenters. The van der Waals surface area contributed by atoms with E-state index in [1.165, 1.54) is 24.3 Å². The molecule has 66 valence electrons. The van der Waals surface area contributed by atoms with Crippen molar-refractivity contribution in [2.75, 3.05) is 0 Å². The Balaban J connectivity index is 3.09. The van der Waals surface area contributed by atoms with Gasteiger partial charge in [0.1, 0.15) is 0 Å². The highest BCUT2D eigenvalue weighted by atomic mass is 32.2. The lowest BCUT2D eigenvalue weighted by molar-refractivity contribution is 0.281. The van der Waals surface area contributed by atoms with Crippen LogP contribution in [0.15, 0.2) is 29.2 Å². The highest BCUT2D eigenvalue weighted by Gasteiger charge is 2.07. The molecular weight excluding hydrogens is 180 g/mol. The monoisotopic (exact) mass is 188 g/mol. The highest BCUT2D eigenvalue weighted by Crippen LogP contribution is 2.09. The van der Waals surface area contributed by atoms with Crippen LogP contribution in [0.25, 0.3) is 0 Å². The van der Waals surface area contributed by atoms with Gasteiger partial charge in [0.15, 0.2) is 0 Å². The average Bonchev–Trinajstić information content (AvgIpc) is 2.03. The molecule has 4 nitrogen and oxygen atoms in total. The van der Waals surface area contributed by atoms with E-state index in [0.29, 0.717) is 5.56 Å². The Morgan fingerprint density at radius 1 is 1.17 bits per heavy atom. The van der Waals surface area contributed by atoms with Gasteiger partial charge >= 0.3 is 0 Å². The third-order valence-electron chi connectivity index (χ3n) is 1.40. The maximum Gasteiger partial charge on any atom is 0.294 e. The Bertz CT molecular complexity index is 351. The summed E-state index contributed by atoms with van der Waals surface area (Å²) < 4.78 is 29.6. The average molecular weight is 188 g/mol. The third-order valence-corrected chi connectivity index (χ3v) is 2.27. The summed E-state index contributed by atoms with van der Waals surface area (Å²) in [5.74, 6) is 0. The second-order valence-corrected chi connectivity index (χ2v) is 3.70. The molecule has 0 aliphatic carbocycles. The fraction of sp³-hybridized carbons (Fsp3) is 0.143. The molecule has 0 bridgehead atoms. The minimum atomic E-state index is -4.11. The van der Waals surface area contributed by atoms with Crippen molar-refractivity contribution in [3.8, 4) is 0 Å². The summed E-state index contributed by atoms with van der Waals surface area (Å²) in [4.78, 5) is -0.167. The van der Waals surface area contributed by atoms with Crippen molar-refractivity contribution in [3.63, 3.8) is 0 Å². The highest BCUT2D eigenvalue weighted by molar-refractivity contribution is 7.85. The lowest BCUT2D eigenvalue weighted by Gasteiger charge is -1.97. The van der Waals surface area contributed by atoms with Crippen molar-refractivity contribution in [2.24, 2.45) is 0 Å². The first-order chi connectivity index (χ1) is 5.54. The molecule has 1 rings (SSSR count). The van der Waals surface area contributed by atoms with E-state index in [0.717, 1.165) is 0 Å². The second kappa shape index (κ2) is 3.22. The van der Waals surface area contributed by atoms with Gasteiger partial charge in [0, 0.05) is 0 Å². The Morgan fingerprint density at radius 2 is 1.67 bits per heavy atom. The lowest BCUT2D eigenvalue weighted by atomic mass is 10.2. The summed E-state index contributed by atoms with van der Waals surface area (Å²) in [6.45, 7) is -0.147. The summed E-state index contributed by atoms with van der Waals surface area (Å²) in [6.07, 6.45) is 0. The van der Waals surface area contributed by atoms with E-state index in [1.54, 1.807) is 0 Å². The molecule has 1 aromatic rings. The quantitative estimate of drug-likeness (QED) is 0.660. The zero-order valence-corrected chi connectivity index (χ0v) is 6.95. The van der Waals surface area contributed by atoms with E-state index < -0.39 is 10.1 Å². The van der Waals surface area contributed by atoms with Crippen LogP contribution in [-0.2, 0) is 16.7 Å². The summed E-state index contributed by atoms with van der Waals surface area (Å²) in [5.41, 5.74) is 0.599. The second-order valence-electron chi connectivity index (χ2n) is 2.28. The Labute approximate surface area is 70.2 Å². The van der Waals surface area contributed by atoms with Gasteiger partial charge in [-0.05, 0) is 17.7 Å². The SMILES string of the molecule is O=S(=O)(O)c1ccc(CO)cc1. The third kappa shape index (κ3) is 2.04. The van der Waals surface area contributed by atoms with Crippen molar-refractivity contribution in [3.05, 3.63) is 29.8 Å². The zero-order chi connectivity index (χ0) is 9.19. The van der Waals surface area contributed by atoms with Crippen LogP contribution in [-0.4, -0.2) is 18.1 Å². The molecule has 0 heterocycles. The van der Waals surface area contributed by atoms with E-state index in [4.69, 9.17) is 9.66 Å². The van der Waals surface area contributed by atoms with Gasteiger partial charge in [-0.15, -0.1) is 0 Å². The zero-order valence-electron chi connectivity index (χ0n) is 6.14.